The van der Waals surface area contributed by atoms with Crippen LogP contribution in [0.4, 0.5) is 0 Å². The topological polar surface area (TPSA) is 57.7 Å². The fraction of sp³-hybridized carbons (Fsp3) is 0.286. The fourth-order valence-electron chi connectivity index (χ4n) is 3.19. The minimum atomic E-state index is -0.437. The van der Waals surface area contributed by atoms with Crippen LogP contribution in [0.25, 0.3) is 0 Å². The molecule has 1 aliphatic heterocycles. The van der Waals surface area contributed by atoms with Crippen molar-refractivity contribution in [3.63, 3.8) is 0 Å². The summed E-state index contributed by atoms with van der Waals surface area (Å²) in [5.41, 5.74) is 1.55. The normalized spacial score (nSPS) is 13.3. The molecule has 0 fully saturated rings. The Balaban J connectivity index is 1.68. The van der Waals surface area contributed by atoms with Crippen molar-refractivity contribution in [2.45, 2.75) is 32.9 Å². The van der Waals surface area contributed by atoms with Crippen molar-refractivity contribution >= 4 is 29.3 Å². The Hall–Kier alpha value is -2.66. The van der Waals surface area contributed by atoms with Crippen LogP contribution in [0.15, 0.2) is 48.5 Å². The molecule has 27 heavy (non-hydrogen) atoms. The highest BCUT2D eigenvalue weighted by Gasteiger charge is 2.37. The van der Waals surface area contributed by atoms with E-state index in [0.29, 0.717) is 12.1 Å². The lowest BCUT2D eigenvalue weighted by molar-refractivity contribution is -0.133. The van der Waals surface area contributed by atoms with Crippen molar-refractivity contribution < 1.29 is 14.4 Å². The quantitative estimate of drug-likeness (QED) is 0.712. The summed E-state index contributed by atoms with van der Waals surface area (Å²) in [5, 5.41) is 0.257. The van der Waals surface area contributed by atoms with Gasteiger partial charge in [0, 0.05) is 25.6 Å². The van der Waals surface area contributed by atoms with Gasteiger partial charge in [-0.1, -0.05) is 48.0 Å². The lowest BCUT2D eigenvalue weighted by atomic mass is 10.1. The summed E-state index contributed by atoms with van der Waals surface area (Å²) in [6.07, 6.45) is 0.0775. The Morgan fingerprint density at radius 3 is 2.37 bits per heavy atom. The van der Waals surface area contributed by atoms with Crippen LogP contribution in [0.5, 0.6) is 0 Å². The number of halogens is 1. The Bertz CT molecular complexity index is 880. The molecule has 3 amide bonds. The molecule has 0 radical (unpaired) electrons. The van der Waals surface area contributed by atoms with Gasteiger partial charge < -0.3 is 4.90 Å². The number of carbonyl (C=O) groups excluding carboxylic acids is 3. The van der Waals surface area contributed by atoms with Gasteiger partial charge in [0.15, 0.2) is 0 Å². The number of rotatable bonds is 6. The van der Waals surface area contributed by atoms with Crippen molar-refractivity contribution in [1.82, 2.24) is 9.80 Å². The molecule has 0 aromatic heterocycles. The SMILES string of the molecule is CC(C)N(Cc1ccccc1)C(=O)CCN1C(=O)c2cccc(Cl)c2C1=O. The van der Waals surface area contributed by atoms with E-state index in [1.54, 1.807) is 23.1 Å². The summed E-state index contributed by atoms with van der Waals surface area (Å²) < 4.78 is 0. The van der Waals surface area contributed by atoms with Gasteiger partial charge in [-0.2, -0.15) is 0 Å². The van der Waals surface area contributed by atoms with Gasteiger partial charge >= 0.3 is 0 Å². The third kappa shape index (κ3) is 3.88. The molecule has 0 spiro atoms. The molecule has 2 aromatic rings. The summed E-state index contributed by atoms with van der Waals surface area (Å²) in [7, 11) is 0. The van der Waals surface area contributed by atoms with Crippen molar-refractivity contribution in [3.05, 3.63) is 70.2 Å². The lowest BCUT2D eigenvalue weighted by Gasteiger charge is -2.27. The number of hydrogen-bond acceptors (Lipinski definition) is 3. The molecule has 0 bridgehead atoms. The van der Waals surface area contributed by atoms with E-state index >= 15 is 0 Å². The zero-order chi connectivity index (χ0) is 19.6. The minimum Gasteiger partial charge on any atom is -0.336 e. The van der Waals surface area contributed by atoms with Crippen LogP contribution in [0.2, 0.25) is 5.02 Å². The molecular weight excluding hydrogens is 364 g/mol. The summed E-state index contributed by atoms with van der Waals surface area (Å²) in [5.74, 6) is -0.937. The summed E-state index contributed by atoms with van der Waals surface area (Å²) in [4.78, 5) is 40.6. The number of nitrogens with zero attached hydrogens (tertiary/aromatic N) is 2. The first-order valence-corrected chi connectivity index (χ1v) is 9.26. The van der Waals surface area contributed by atoms with Gasteiger partial charge in [0.05, 0.1) is 16.1 Å². The zero-order valence-electron chi connectivity index (χ0n) is 15.3. The Labute approximate surface area is 163 Å². The van der Waals surface area contributed by atoms with Crippen LogP contribution in [0.1, 0.15) is 46.5 Å². The van der Waals surface area contributed by atoms with Gasteiger partial charge in [0.25, 0.3) is 11.8 Å². The molecule has 0 N–H and O–H groups in total. The summed E-state index contributed by atoms with van der Waals surface area (Å²) >= 11 is 6.07. The lowest BCUT2D eigenvalue weighted by Crippen LogP contribution is -2.39. The molecule has 6 heteroatoms. The van der Waals surface area contributed by atoms with E-state index in [-0.39, 0.29) is 35.5 Å². The van der Waals surface area contributed by atoms with Crippen molar-refractivity contribution in [2.75, 3.05) is 6.54 Å². The van der Waals surface area contributed by atoms with Gasteiger partial charge in [-0.3, -0.25) is 19.3 Å². The monoisotopic (exact) mass is 384 g/mol. The molecular formula is C21H21ClN2O3. The van der Waals surface area contributed by atoms with Gasteiger partial charge in [0.1, 0.15) is 0 Å². The Kier molecular flexibility index (Phi) is 5.61. The number of imide groups is 1. The molecule has 5 nitrogen and oxygen atoms in total. The number of hydrogen-bond donors (Lipinski definition) is 0. The summed E-state index contributed by atoms with van der Waals surface area (Å²) in [6.45, 7) is 4.43. The van der Waals surface area contributed by atoms with Crippen molar-refractivity contribution in [2.24, 2.45) is 0 Å². The van der Waals surface area contributed by atoms with Gasteiger partial charge in [-0.15, -0.1) is 0 Å². The molecule has 3 rings (SSSR count). The van der Waals surface area contributed by atoms with Crippen LogP contribution in [0.3, 0.4) is 0 Å². The Morgan fingerprint density at radius 1 is 1.04 bits per heavy atom. The highest BCUT2D eigenvalue weighted by Crippen LogP contribution is 2.29. The highest BCUT2D eigenvalue weighted by molar-refractivity contribution is 6.37. The first-order valence-electron chi connectivity index (χ1n) is 8.88. The van der Waals surface area contributed by atoms with E-state index in [1.165, 1.54) is 0 Å². The number of benzene rings is 2. The molecule has 0 unspecified atom stereocenters. The van der Waals surface area contributed by atoms with Crippen LogP contribution in [-0.4, -0.2) is 40.1 Å². The molecule has 0 saturated heterocycles. The van der Waals surface area contributed by atoms with Gasteiger partial charge in [-0.05, 0) is 31.5 Å². The minimum absolute atomic E-state index is 0.00864. The number of fused-ring (bicyclic) bond motifs is 1. The molecule has 140 valence electrons. The molecule has 2 aromatic carbocycles. The van der Waals surface area contributed by atoms with Crippen LogP contribution in [-0.2, 0) is 11.3 Å². The zero-order valence-corrected chi connectivity index (χ0v) is 16.1. The van der Waals surface area contributed by atoms with Crippen LogP contribution >= 0.6 is 11.6 Å². The molecule has 0 atom stereocenters. The standard InChI is InChI=1S/C21H21ClN2O3/c1-14(2)24(13-15-7-4-3-5-8-15)18(25)11-12-23-20(26)16-9-6-10-17(22)19(16)21(23)27/h3-10,14H,11-13H2,1-2H3. The van der Waals surface area contributed by atoms with E-state index < -0.39 is 11.8 Å². The fourth-order valence-corrected chi connectivity index (χ4v) is 3.44. The predicted octanol–water partition coefficient (Wildman–Crippen LogP) is 3.76. The third-order valence-corrected chi connectivity index (χ3v) is 4.95. The summed E-state index contributed by atoms with van der Waals surface area (Å²) in [6, 6.07) is 14.5. The maximum absolute atomic E-state index is 12.7. The molecule has 0 saturated carbocycles. The first kappa shape index (κ1) is 19.1. The Morgan fingerprint density at radius 2 is 1.74 bits per heavy atom. The van der Waals surface area contributed by atoms with Gasteiger partial charge in [0.2, 0.25) is 5.91 Å². The number of amides is 3. The second-order valence-corrected chi connectivity index (χ2v) is 7.18. The third-order valence-electron chi connectivity index (χ3n) is 4.64. The first-order chi connectivity index (χ1) is 12.9. The molecule has 1 heterocycles. The molecule has 0 aliphatic carbocycles. The molecule has 1 aliphatic rings. The van der Waals surface area contributed by atoms with Crippen molar-refractivity contribution in [1.29, 1.82) is 0 Å². The maximum Gasteiger partial charge on any atom is 0.263 e. The van der Waals surface area contributed by atoms with E-state index in [2.05, 4.69) is 0 Å². The number of carbonyl (C=O) groups is 3. The highest BCUT2D eigenvalue weighted by atomic mass is 35.5. The average Bonchev–Trinajstić information content (AvgIpc) is 2.90. The van der Waals surface area contributed by atoms with E-state index in [1.807, 2.05) is 44.2 Å². The van der Waals surface area contributed by atoms with Crippen molar-refractivity contribution in [3.8, 4) is 0 Å². The second-order valence-electron chi connectivity index (χ2n) is 6.78. The van der Waals surface area contributed by atoms with Crippen LogP contribution in [0, 0.1) is 0 Å². The van der Waals surface area contributed by atoms with E-state index in [0.717, 1.165) is 10.5 Å². The average molecular weight is 385 g/mol. The van der Waals surface area contributed by atoms with E-state index in [9.17, 15) is 14.4 Å². The van der Waals surface area contributed by atoms with E-state index in [4.69, 9.17) is 11.6 Å². The largest absolute Gasteiger partial charge is 0.336 e. The second kappa shape index (κ2) is 7.92. The smallest absolute Gasteiger partial charge is 0.263 e. The predicted molar refractivity (Wildman–Crippen MR) is 104 cm³/mol. The van der Waals surface area contributed by atoms with Crippen LogP contribution < -0.4 is 0 Å². The van der Waals surface area contributed by atoms with Gasteiger partial charge in [-0.25, -0.2) is 0 Å². The maximum atomic E-state index is 12.7.